The third kappa shape index (κ3) is 9.39. The molecular formula is C18H30ClO3P. The Morgan fingerprint density at radius 2 is 1.52 bits per heavy atom. The molecule has 0 spiro atoms. The van der Waals surface area contributed by atoms with E-state index < -0.39 is 7.60 Å². The summed E-state index contributed by atoms with van der Waals surface area (Å²) in [5, 5.41) is 0.633. The Balaban J connectivity index is 2.43. The highest BCUT2D eigenvalue weighted by Gasteiger charge is 2.25. The van der Waals surface area contributed by atoms with E-state index in [1.54, 1.807) is 24.3 Å². The fourth-order valence-corrected chi connectivity index (χ4v) is 4.18. The quantitative estimate of drug-likeness (QED) is 0.278. The Hall–Kier alpha value is -0.500. The molecule has 0 saturated carbocycles. The van der Waals surface area contributed by atoms with Crippen molar-refractivity contribution in [3.05, 3.63) is 29.3 Å². The van der Waals surface area contributed by atoms with Gasteiger partial charge in [0.1, 0.15) is 5.75 Å². The summed E-state index contributed by atoms with van der Waals surface area (Å²) < 4.78 is 24.2. The standard InChI is InChI=1S/C18H30ClO3P/c1-3-5-7-8-9-10-15-21-23(20,16-6-4-2)22-18-13-11-17(19)12-14-18/h11-14H,3-10,15-16H2,1-2H3. The zero-order chi connectivity index (χ0) is 17.0. The van der Waals surface area contributed by atoms with E-state index >= 15 is 0 Å². The lowest BCUT2D eigenvalue weighted by Gasteiger charge is -2.19. The Morgan fingerprint density at radius 1 is 0.913 bits per heavy atom. The molecule has 0 radical (unpaired) electrons. The molecule has 1 atom stereocenters. The van der Waals surface area contributed by atoms with Crippen molar-refractivity contribution in [2.45, 2.75) is 65.2 Å². The first kappa shape index (κ1) is 20.5. The van der Waals surface area contributed by atoms with Crippen LogP contribution in [-0.2, 0) is 9.09 Å². The van der Waals surface area contributed by atoms with E-state index in [-0.39, 0.29) is 0 Å². The Labute approximate surface area is 146 Å². The van der Waals surface area contributed by atoms with Crippen LogP contribution >= 0.6 is 19.2 Å². The normalized spacial score (nSPS) is 13.7. The summed E-state index contributed by atoms with van der Waals surface area (Å²) in [6.45, 7) is 4.78. The van der Waals surface area contributed by atoms with Crippen LogP contribution < -0.4 is 4.52 Å². The van der Waals surface area contributed by atoms with Crippen LogP contribution in [-0.4, -0.2) is 12.8 Å². The molecular weight excluding hydrogens is 331 g/mol. The van der Waals surface area contributed by atoms with Crippen LogP contribution in [0.4, 0.5) is 0 Å². The molecule has 0 saturated heterocycles. The van der Waals surface area contributed by atoms with Crippen LogP contribution in [0, 0.1) is 0 Å². The number of hydrogen-bond acceptors (Lipinski definition) is 3. The van der Waals surface area contributed by atoms with Crippen molar-refractivity contribution in [3.8, 4) is 5.75 Å². The van der Waals surface area contributed by atoms with Gasteiger partial charge in [0.25, 0.3) is 0 Å². The molecule has 0 aliphatic carbocycles. The molecule has 0 aliphatic heterocycles. The molecule has 132 valence electrons. The third-order valence-electron chi connectivity index (χ3n) is 3.63. The van der Waals surface area contributed by atoms with Crippen LogP contribution in [0.15, 0.2) is 24.3 Å². The lowest BCUT2D eigenvalue weighted by Crippen LogP contribution is -2.04. The smallest absolute Gasteiger partial charge is 0.379 e. The Kier molecular flexibility index (Phi) is 10.7. The maximum atomic E-state index is 12.9. The zero-order valence-electron chi connectivity index (χ0n) is 14.4. The number of halogens is 1. The van der Waals surface area contributed by atoms with Gasteiger partial charge in [-0.1, -0.05) is 64.0 Å². The van der Waals surface area contributed by atoms with Gasteiger partial charge in [-0.05, 0) is 37.1 Å². The lowest BCUT2D eigenvalue weighted by molar-refractivity contribution is 0.257. The van der Waals surface area contributed by atoms with Gasteiger partial charge in [0.05, 0.1) is 12.8 Å². The largest absolute Gasteiger partial charge is 0.424 e. The predicted molar refractivity (Wildman–Crippen MR) is 98.8 cm³/mol. The van der Waals surface area contributed by atoms with Gasteiger partial charge in [0.15, 0.2) is 0 Å². The molecule has 5 heteroatoms. The number of benzene rings is 1. The first-order valence-electron chi connectivity index (χ1n) is 8.78. The maximum absolute atomic E-state index is 12.9. The van der Waals surface area contributed by atoms with Gasteiger partial charge in [0, 0.05) is 5.02 Å². The molecule has 0 bridgehead atoms. The summed E-state index contributed by atoms with van der Waals surface area (Å²) in [7, 11) is -3.08. The minimum atomic E-state index is -3.08. The highest BCUT2D eigenvalue weighted by Crippen LogP contribution is 2.49. The van der Waals surface area contributed by atoms with Crippen LogP contribution in [0.5, 0.6) is 5.75 Å². The lowest BCUT2D eigenvalue weighted by atomic mass is 10.1. The molecule has 0 N–H and O–H groups in total. The van der Waals surface area contributed by atoms with Crippen molar-refractivity contribution in [1.29, 1.82) is 0 Å². The second-order valence-corrected chi connectivity index (χ2v) is 8.38. The molecule has 3 nitrogen and oxygen atoms in total. The van der Waals surface area contributed by atoms with Gasteiger partial charge in [0.2, 0.25) is 0 Å². The van der Waals surface area contributed by atoms with Crippen molar-refractivity contribution >= 4 is 19.2 Å². The summed E-state index contributed by atoms with van der Waals surface area (Å²) >= 11 is 5.87. The summed E-state index contributed by atoms with van der Waals surface area (Å²) in [5.41, 5.74) is 0. The van der Waals surface area contributed by atoms with Gasteiger partial charge in [-0.3, -0.25) is 4.52 Å². The highest BCUT2D eigenvalue weighted by atomic mass is 35.5. The van der Waals surface area contributed by atoms with Gasteiger partial charge in [-0.2, -0.15) is 0 Å². The summed E-state index contributed by atoms with van der Waals surface area (Å²) in [4.78, 5) is 0. The van der Waals surface area contributed by atoms with Crippen LogP contribution in [0.2, 0.25) is 5.02 Å². The first-order chi connectivity index (χ1) is 11.1. The fourth-order valence-electron chi connectivity index (χ4n) is 2.23. The molecule has 1 rings (SSSR count). The molecule has 23 heavy (non-hydrogen) atoms. The first-order valence-corrected chi connectivity index (χ1v) is 10.9. The second-order valence-electron chi connectivity index (χ2n) is 5.83. The summed E-state index contributed by atoms with van der Waals surface area (Å²) in [6.07, 6.45) is 9.34. The van der Waals surface area contributed by atoms with Gasteiger partial charge in [-0.15, -0.1) is 0 Å². The maximum Gasteiger partial charge on any atom is 0.379 e. The molecule has 1 aromatic carbocycles. The van der Waals surface area contributed by atoms with Crippen molar-refractivity contribution in [3.63, 3.8) is 0 Å². The molecule has 0 amide bonds. The molecule has 0 heterocycles. The number of unbranched alkanes of at least 4 members (excludes halogenated alkanes) is 6. The molecule has 0 aliphatic rings. The Morgan fingerprint density at radius 3 is 2.17 bits per heavy atom. The van der Waals surface area contributed by atoms with E-state index in [1.165, 1.54) is 25.7 Å². The highest BCUT2D eigenvalue weighted by molar-refractivity contribution is 7.54. The van der Waals surface area contributed by atoms with Crippen molar-refractivity contribution < 1.29 is 13.6 Å². The second kappa shape index (κ2) is 11.9. The zero-order valence-corrected chi connectivity index (χ0v) is 16.1. The van der Waals surface area contributed by atoms with Crippen molar-refractivity contribution in [2.75, 3.05) is 12.8 Å². The van der Waals surface area contributed by atoms with Crippen molar-refractivity contribution in [2.24, 2.45) is 0 Å². The van der Waals surface area contributed by atoms with E-state index in [2.05, 4.69) is 13.8 Å². The minimum Gasteiger partial charge on any atom is -0.424 e. The number of hydrogen-bond donors (Lipinski definition) is 0. The Bertz CT molecular complexity index is 462. The van der Waals surface area contributed by atoms with Crippen LogP contribution in [0.3, 0.4) is 0 Å². The fraction of sp³-hybridized carbons (Fsp3) is 0.667. The van der Waals surface area contributed by atoms with E-state index in [4.69, 9.17) is 20.6 Å². The SMILES string of the molecule is CCCCCCCCOP(=O)(CCCC)Oc1ccc(Cl)cc1. The average molecular weight is 361 g/mol. The van der Waals surface area contributed by atoms with Crippen LogP contribution in [0.25, 0.3) is 0 Å². The van der Waals surface area contributed by atoms with E-state index in [9.17, 15) is 4.57 Å². The topological polar surface area (TPSA) is 35.5 Å². The number of rotatable bonds is 13. The van der Waals surface area contributed by atoms with E-state index in [0.717, 1.165) is 25.7 Å². The van der Waals surface area contributed by atoms with Gasteiger partial charge in [-0.25, -0.2) is 4.57 Å². The predicted octanol–water partition coefficient (Wildman–Crippen LogP) is 7.09. The molecule has 0 aromatic heterocycles. The monoisotopic (exact) mass is 360 g/mol. The van der Waals surface area contributed by atoms with E-state index in [0.29, 0.717) is 23.5 Å². The molecule has 1 unspecified atom stereocenters. The third-order valence-corrected chi connectivity index (χ3v) is 5.81. The van der Waals surface area contributed by atoms with Gasteiger partial charge >= 0.3 is 7.60 Å². The molecule has 1 aromatic rings. The van der Waals surface area contributed by atoms with Gasteiger partial charge < -0.3 is 4.52 Å². The van der Waals surface area contributed by atoms with Crippen LogP contribution in [0.1, 0.15) is 65.2 Å². The molecule has 0 fully saturated rings. The average Bonchev–Trinajstić information content (AvgIpc) is 2.54. The summed E-state index contributed by atoms with van der Waals surface area (Å²) in [6, 6.07) is 6.92. The minimum absolute atomic E-state index is 0.460. The van der Waals surface area contributed by atoms with E-state index in [1.807, 2.05) is 0 Å². The summed E-state index contributed by atoms with van der Waals surface area (Å²) in [5.74, 6) is 0.553. The van der Waals surface area contributed by atoms with Crippen molar-refractivity contribution in [1.82, 2.24) is 0 Å².